The Kier molecular flexibility index (Phi) is 7.03. The molecule has 0 amide bonds. The van der Waals surface area contributed by atoms with Crippen LogP contribution in [0.4, 0.5) is 17.3 Å². The monoisotopic (exact) mass is 666 g/mol. The molecule has 0 atom stereocenters. The minimum absolute atomic E-state index is 0.610. The van der Waals surface area contributed by atoms with Gasteiger partial charge in [0.05, 0.1) is 22.4 Å². The third kappa shape index (κ3) is 5.05. The van der Waals surface area contributed by atoms with Crippen molar-refractivity contribution in [2.24, 2.45) is 0 Å². The van der Waals surface area contributed by atoms with Crippen LogP contribution in [0.1, 0.15) is 0 Å². The van der Waals surface area contributed by atoms with Crippen molar-refractivity contribution in [3.05, 3.63) is 182 Å². The maximum atomic E-state index is 5.22. The van der Waals surface area contributed by atoms with Gasteiger partial charge < -0.3 is 0 Å². The fraction of sp³-hybridized carbons (Fsp3) is 0. The second-order valence-corrected chi connectivity index (χ2v) is 12.8. The fourth-order valence-electron chi connectivity index (χ4n) is 7.11. The number of benzene rings is 7. The van der Waals surface area contributed by atoms with E-state index in [4.69, 9.17) is 19.9 Å². The number of fused-ring (bicyclic) bond motifs is 7. The van der Waals surface area contributed by atoms with Crippen LogP contribution in [0.25, 0.3) is 73.1 Å². The molecule has 10 rings (SSSR count). The fourth-order valence-corrected chi connectivity index (χ4v) is 7.11. The van der Waals surface area contributed by atoms with Crippen LogP contribution in [0.2, 0.25) is 0 Å². The zero-order valence-corrected chi connectivity index (χ0v) is 28.0. The number of para-hydroxylation sites is 4. The van der Waals surface area contributed by atoms with Gasteiger partial charge in [-0.2, -0.15) is 0 Å². The summed E-state index contributed by atoms with van der Waals surface area (Å²) in [6.45, 7) is 0. The first-order valence-corrected chi connectivity index (χ1v) is 17.3. The van der Waals surface area contributed by atoms with Crippen LogP contribution in [-0.4, -0.2) is 24.5 Å². The molecule has 9 aromatic rings. The van der Waals surface area contributed by atoms with Crippen molar-refractivity contribution in [2.75, 3.05) is 4.90 Å². The van der Waals surface area contributed by atoms with Crippen molar-refractivity contribution in [3.8, 4) is 62.1 Å². The molecule has 0 radical (unpaired) electrons. The van der Waals surface area contributed by atoms with E-state index in [9.17, 15) is 0 Å². The van der Waals surface area contributed by atoms with Gasteiger partial charge in [-0.15, -0.1) is 0 Å². The van der Waals surface area contributed by atoms with E-state index in [0.717, 1.165) is 67.4 Å². The largest absolute Gasteiger partial charge is 0.280 e. The van der Waals surface area contributed by atoms with Crippen LogP contribution in [0.5, 0.6) is 0 Å². The van der Waals surface area contributed by atoms with Crippen LogP contribution >= 0.6 is 0 Å². The summed E-state index contributed by atoms with van der Waals surface area (Å²) in [5.74, 6) is 2.70. The third-order valence-electron chi connectivity index (χ3n) is 9.62. The molecule has 0 saturated carbocycles. The summed E-state index contributed by atoms with van der Waals surface area (Å²) >= 11 is 0. The number of hydrogen-bond donors (Lipinski definition) is 0. The lowest BCUT2D eigenvalue weighted by molar-refractivity contribution is 1.05. The molecule has 2 aromatic heterocycles. The molecular formula is C46H30N6. The summed E-state index contributed by atoms with van der Waals surface area (Å²) < 4.78 is 2.27. The number of hydrogen-bond acceptors (Lipinski definition) is 5. The molecule has 0 fully saturated rings. The highest BCUT2D eigenvalue weighted by atomic mass is 15.3. The van der Waals surface area contributed by atoms with E-state index < -0.39 is 0 Å². The maximum Gasteiger partial charge on any atom is 0.220 e. The Morgan fingerprint density at radius 2 is 0.769 bits per heavy atom. The van der Waals surface area contributed by atoms with Crippen LogP contribution in [-0.2, 0) is 0 Å². The lowest BCUT2D eigenvalue weighted by Gasteiger charge is -2.24. The Balaban J connectivity index is 1.10. The summed E-state index contributed by atoms with van der Waals surface area (Å²) in [7, 11) is 0. The summed E-state index contributed by atoms with van der Waals surface area (Å²) in [5, 5.41) is 0. The van der Waals surface area contributed by atoms with Gasteiger partial charge in [0.2, 0.25) is 5.95 Å². The summed E-state index contributed by atoms with van der Waals surface area (Å²) in [5.41, 5.74) is 12.5. The average molecular weight is 667 g/mol. The third-order valence-corrected chi connectivity index (χ3v) is 9.62. The van der Waals surface area contributed by atoms with Crippen LogP contribution < -0.4 is 4.90 Å². The maximum absolute atomic E-state index is 5.22. The molecule has 6 nitrogen and oxygen atoms in total. The van der Waals surface area contributed by atoms with Gasteiger partial charge in [0.25, 0.3) is 0 Å². The van der Waals surface area contributed by atoms with Gasteiger partial charge in [-0.05, 0) is 59.7 Å². The van der Waals surface area contributed by atoms with Crippen LogP contribution in [0, 0.1) is 0 Å². The second kappa shape index (κ2) is 12.3. The van der Waals surface area contributed by atoms with Crippen molar-refractivity contribution >= 4 is 28.4 Å². The molecule has 244 valence electrons. The molecule has 0 N–H and O–H groups in total. The van der Waals surface area contributed by atoms with Crippen molar-refractivity contribution < 1.29 is 0 Å². The lowest BCUT2D eigenvalue weighted by Crippen LogP contribution is -2.14. The van der Waals surface area contributed by atoms with Crippen molar-refractivity contribution in [1.82, 2.24) is 24.5 Å². The van der Waals surface area contributed by atoms with E-state index in [1.807, 2.05) is 42.5 Å². The molecule has 7 aromatic carbocycles. The first-order valence-electron chi connectivity index (χ1n) is 17.3. The zero-order valence-electron chi connectivity index (χ0n) is 28.0. The van der Waals surface area contributed by atoms with Crippen molar-refractivity contribution in [3.63, 3.8) is 0 Å². The van der Waals surface area contributed by atoms with E-state index >= 15 is 0 Å². The highest BCUT2D eigenvalue weighted by Crippen LogP contribution is 2.47. The van der Waals surface area contributed by atoms with Gasteiger partial charge in [-0.25, -0.2) is 19.9 Å². The number of aromatic nitrogens is 5. The first-order chi connectivity index (χ1) is 25.8. The number of imidazole rings is 1. The number of anilines is 3. The quantitative estimate of drug-likeness (QED) is 0.183. The highest BCUT2D eigenvalue weighted by molar-refractivity contribution is 5.96. The molecule has 0 aliphatic carbocycles. The molecule has 1 aliphatic rings. The minimum atomic E-state index is 0.610. The van der Waals surface area contributed by atoms with Gasteiger partial charge >= 0.3 is 0 Å². The lowest BCUT2D eigenvalue weighted by atomic mass is 10.0. The first kappa shape index (κ1) is 29.7. The number of rotatable bonds is 5. The zero-order chi connectivity index (χ0) is 34.4. The predicted molar refractivity (Wildman–Crippen MR) is 210 cm³/mol. The predicted octanol–water partition coefficient (Wildman–Crippen LogP) is 11.3. The van der Waals surface area contributed by atoms with Crippen LogP contribution in [0.3, 0.4) is 0 Å². The molecule has 6 heteroatoms. The van der Waals surface area contributed by atoms with Gasteiger partial charge in [0, 0.05) is 33.5 Å². The molecular weight excluding hydrogens is 637 g/mol. The van der Waals surface area contributed by atoms with Crippen molar-refractivity contribution in [1.29, 1.82) is 0 Å². The van der Waals surface area contributed by atoms with E-state index in [-0.39, 0.29) is 0 Å². The molecule has 0 unspecified atom stereocenters. The van der Waals surface area contributed by atoms with E-state index in [2.05, 4.69) is 149 Å². The average Bonchev–Trinajstić information content (AvgIpc) is 3.55. The molecule has 0 bridgehead atoms. The van der Waals surface area contributed by atoms with Gasteiger partial charge in [0.15, 0.2) is 17.5 Å². The standard InChI is InChI=1S/C46H30N6/c1-3-13-31(14-4-1)32-23-25-34(26-24-32)44-48-43(33-15-5-2-6-16-33)49-45(50-44)35-27-29-36(30-28-35)51-40-20-10-7-17-37(40)38-18-8-11-21-41(38)52-42-22-12-9-19-39(42)47-46(51)52/h1-30H. The van der Waals surface area contributed by atoms with E-state index in [0.29, 0.717) is 17.5 Å². The summed E-state index contributed by atoms with van der Waals surface area (Å²) in [6.07, 6.45) is 0. The molecule has 0 saturated heterocycles. The second-order valence-electron chi connectivity index (χ2n) is 12.8. The molecule has 0 spiro atoms. The van der Waals surface area contributed by atoms with E-state index in [1.54, 1.807) is 0 Å². The topological polar surface area (TPSA) is 59.7 Å². The Morgan fingerprint density at radius 1 is 0.327 bits per heavy atom. The SMILES string of the molecule is c1ccc(-c2ccc(-c3nc(-c4ccccc4)nc(-c4ccc(N5c6ccccc6-c6ccccc6-n6c5nc5ccccc56)cc4)n3)cc2)cc1. The highest BCUT2D eigenvalue weighted by Gasteiger charge is 2.29. The molecule has 52 heavy (non-hydrogen) atoms. The Labute approximate surface area is 301 Å². The summed E-state index contributed by atoms with van der Waals surface area (Å²) in [4.78, 5) is 22.5. The van der Waals surface area contributed by atoms with Crippen LogP contribution in [0.15, 0.2) is 182 Å². The van der Waals surface area contributed by atoms with Gasteiger partial charge in [-0.1, -0.05) is 133 Å². The Morgan fingerprint density at radius 3 is 1.42 bits per heavy atom. The molecule has 3 heterocycles. The number of nitrogens with zero attached hydrogens (tertiary/aromatic N) is 6. The van der Waals surface area contributed by atoms with E-state index in [1.165, 1.54) is 5.56 Å². The van der Waals surface area contributed by atoms with Crippen molar-refractivity contribution in [2.45, 2.75) is 0 Å². The Bertz CT molecular complexity index is 2720. The minimum Gasteiger partial charge on any atom is -0.280 e. The Hall–Kier alpha value is -7.18. The van der Waals surface area contributed by atoms with Gasteiger partial charge in [-0.3, -0.25) is 9.47 Å². The molecule has 1 aliphatic heterocycles. The normalized spacial score (nSPS) is 11.8. The summed E-state index contributed by atoms with van der Waals surface area (Å²) in [6, 6.07) is 62.7. The smallest absolute Gasteiger partial charge is 0.220 e. The van der Waals surface area contributed by atoms with Gasteiger partial charge in [0.1, 0.15) is 0 Å².